The van der Waals surface area contributed by atoms with Crippen LogP contribution in [0.1, 0.15) is 56.7 Å². The Hall–Kier alpha value is -1.95. The van der Waals surface area contributed by atoms with Crippen molar-refractivity contribution >= 4 is 16.9 Å². The van der Waals surface area contributed by atoms with Crippen LogP contribution in [0.3, 0.4) is 0 Å². The molecule has 4 atom stereocenters. The maximum absolute atomic E-state index is 13.2. The predicted molar refractivity (Wildman–Crippen MR) is 114 cm³/mol. The van der Waals surface area contributed by atoms with Gasteiger partial charge in [-0.15, -0.1) is 0 Å². The van der Waals surface area contributed by atoms with E-state index in [1.54, 1.807) is 0 Å². The first-order valence-electron chi connectivity index (χ1n) is 11.2. The van der Waals surface area contributed by atoms with Gasteiger partial charge in [-0.1, -0.05) is 19.1 Å². The Balaban J connectivity index is 1.66. The van der Waals surface area contributed by atoms with Gasteiger partial charge >= 0.3 is 5.97 Å². The van der Waals surface area contributed by atoms with Crippen molar-refractivity contribution in [2.45, 2.75) is 64.2 Å². The number of esters is 1. The molecule has 0 bridgehead atoms. The highest BCUT2D eigenvalue weighted by Gasteiger charge is 2.43. The molecule has 2 unspecified atom stereocenters. The third kappa shape index (κ3) is 3.75. The molecule has 0 radical (unpaired) electrons. The Morgan fingerprint density at radius 1 is 1.33 bits per heavy atom. The first-order chi connectivity index (χ1) is 14.4. The number of aromatic nitrogens is 1. The van der Waals surface area contributed by atoms with Crippen molar-refractivity contribution in [3.05, 3.63) is 35.5 Å². The van der Waals surface area contributed by atoms with E-state index in [0.29, 0.717) is 25.0 Å². The number of hydrogen-bond donors (Lipinski definition) is 0. The highest BCUT2D eigenvalue weighted by molar-refractivity contribution is 5.89. The van der Waals surface area contributed by atoms with Crippen molar-refractivity contribution < 1.29 is 18.3 Å². The topological polar surface area (TPSA) is 34.5 Å². The molecule has 1 aliphatic heterocycles. The smallest absolute Gasteiger partial charge is 0.310 e. The SMILES string of the molecule is CCCN1CC(C(=O)OCC(F)CF)C[C@@H]2c3cccc4c3c(cn4C(C)C)C[C@H]21. The number of nitrogens with zero attached hydrogens (tertiary/aromatic N) is 2. The molecule has 2 aliphatic rings. The molecule has 164 valence electrons. The number of alkyl halides is 2. The van der Waals surface area contributed by atoms with Gasteiger partial charge in [0.15, 0.2) is 6.17 Å². The number of carbonyl (C=O) groups excluding carboxylic acids is 1. The van der Waals surface area contributed by atoms with Crippen molar-refractivity contribution in [3.8, 4) is 0 Å². The van der Waals surface area contributed by atoms with Crippen LogP contribution in [0.25, 0.3) is 10.9 Å². The van der Waals surface area contributed by atoms with Gasteiger partial charge in [0.25, 0.3) is 0 Å². The highest BCUT2D eigenvalue weighted by atomic mass is 19.2. The lowest BCUT2D eigenvalue weighted by Gasteiger charge is -2.46. The quantitative estimate of drug-likeness (QED) is 0.605. The van der Waals surface area contributed by atoms with Crippen molar-refractivity contribution in [2.75, 3.05) is 26.4 Å². The molecule has 30 heavy (non-hydrogen) atoms. The van der Waals surface area contributed by atoms with E-state index >= 15 is 0 Å². The monoisotopic (exact) mass is 418 g/mol. The highest BCUT2D eigenvalue weighted by Crippen LogP contribution is 2.46. The largest absolute Gasteiger partial charge is 0.462 e. The van der Waals surface area contributed by atoms with Gasteiger partial charge in [-0.2, -0.15) is 0 Å². The summed E-state index contributed by atoms with van der Waals surface area (Å²) in [6.07, 6.45) is 3.25. The summed E-state index contributed by atoms with van der Waals surface area (Å²) in [4.78, 5) is 15.1. The molecule has 0 spiro atoms. The van der Waals surface area contributed by atoms with Crippen molar-refractivity contribution in [1.29, 1.82) is 0 Å². The summed E-state index contributed by atoms with van der Waals surface area (Å²) < 4.78 is 33.1. The van der Waals surface area contributed by atoms with Crippen molar-refractivity contribution in [1.82, 2.24) is 9.47 Å². The first-order valence-corrected chi connectivity index (χ1v) is 11.2. The summed E-state index contributed by atoms with van der Waals surface area (Å²) in [6.45, 7) is 6.47. The summed E-state index contributed by atoms with van der Waals surface area (Å²) in [5.74, 6) is -0.471. The first kappa shape index (κ1) is 21.3. The lowest BCUT2D eigenvalue weighted by Crippen LogP contribution is -2.52. The zero-order valence-electron chi connectivity index (χ0n) is 18.1. The van der Waals surface area contributed by atoms with Gasteiger partial charge in [-0.25, -0.2) is 8.78 Å². The van der Waals surface area contributed by atoms with Crippen LogP contribution < -0.4 is 0 Å². The standard InChI is InChI=1S/C24H32F2N2O2/c1-4-8-27-12-17(24(29)30-14-18(26)11-25)9-20-19-6-5-7-21-23(19)16(10-22(20)27)13-28(21)15(2)3/h5-7,13,15,17-18,20,22H,4,8-12,14H2,1-3H3/t17?,18?,20-,22-/m1/s1. The molecular formula is C24H32F2N2O2. The second-order valence-corrected chi connectivity index (χ2v) is 9.08. The average Bonchev–Trinajstić information content (AvgIpc) is 3.12. The fourth-order valence-corrected chi connectivity index (χ4v) is 5.41. The Bertz CT molecular complexity index is 910. The lowest BCUT2D eigenvalue weighted by atomic mass is 9.72. The van der Waals surface area contributed by atoms with Gasteiger partial charge in [0.05, 0.1) is 5.92 Å². The van der Waals surface area contributed by atoms with E-state index in [2.05, 4.69) is 54.6 Å². The number of benzene rings is 1. The normalized spacial score (nSPS) is 24.8. The molecule has 4 nitrogen and oxygen atoms in total. The number of halogens is 2. The molecule has 0 amide bonds. The van der Waals surface area contributed by atoms with Gasteiger partial charge < -0.3 is 9.30 Å². The molecule has 1 fully saturated rings. The Labute approximate surface area is 177 Å². The Morgan fingerprint density at radius 3 is 2.83 bits per heavy atom. The van der Waals surface area contributed by atoms with Gasteiger partial charge in [0.1, 0.15) is 13.3 Å². The van der Waals surface area contributed by atoms with Crippen LogP contribution >= 0.6 is 0 Å². The summed E-state index contributed by atoms with van der Waals surface area (Å²) >= 11 is 0. The van der Waals surface area contributed by atoms with Gasteiger partial charge in [-0.05, 0) is 56.8 Å². The Kier molecular flexibility index (Phi) is 6.14. The minimum Gasteiger partial charge on any atom is -0.462 e. The third-order valence-corrected chi connectivity index (χ3v) is 6.70. The maximum Gasteiger partial charge on any atom is 0.310 e. The van der Waals surface area contributed by atoms with E-state index in [1.165, 1.54) is 22.0 Å². The molecule has 1 saturated heterocycles. The van der Waals surface area contributed by atoms with E-state index in [-0.39, 0.29) is 11.8 Å². The van der Waals surface area contributed by atoms with Gasteiger partial charge in [-0.3, -0.25) is 9.69 Å². The molecule has 1 aliphatic carbocycles. The summed E-state index contributed by atoms with van der Waals surface area (Å²) in [5, 5.41) is 1.33. The van der Waals surface area contributed by atoms with E-state index in [0.717, 1.165) is 19.4 Å². The van der Waals surface area contributed by atoms with E-state index < -0.39 is 25.4 Å². The van der Waals surface area contributed by atoms with E-state index in [4.69, 9.17) is 4.74 Å². The van der Waals surface area contributed by atoms with Crippen LogP contribution in [0, 0.1) is 5.92 Å². The minimum absolute atomic E-state index is 0.240. The molecule has 2 heterocycles. The van der Waals surface area contributed by atoms with E-state index in [1.807, 2.05) is 0 Å². The molecule has 2 aromatic rings. The number of piperidine rings is 1. The Morgan fingerprint density at radius 2 is 2.13 bits per heavy atom. The number of fused-ring (bicyclic) bond motifs is 2. The fraction of sp³-hybridized carbons (Fsp3) is 0.625. The molecule has 1 aromatic carbocycles. The predicted octanol–water partition coefficient (Wildman–Crippen LogP) is 4.81. The summed E-state index contributed by atoms with van der Waals surface area (Å²) in [7, 11) is 0. The van der Waals surface area contributed by atoms with Crippen LogP contribution in [0.4, 0.5) is 8.78 Å². The summed E-state index contributed by atoms with van der Waals surface area (Å²) in [6, 6.07) is 7.24. The van der Waals surface area contributed by atoms with Gasteiger partial charge in [0.2, 0.25) is 0 Å². The van der Waals surface area contributed by atoms with Crippen LogP contribution in [-0.2, 0) is 16.0 Å². The zero-order chi connectivity index (χ0) is 21.4. The second-order valence-electron chi connectivity index (χ2n) is 9.08. The molecule has 4 rings (SSSR count). The summed E-state index contributed by atoms with van der Waals surface area (Å²) in [5.41, 5.74) is 3.95. The number of hydrogen-bond acceptors (Lipinski definition) is 3. The molecule has 1 aromatic heterocycles. The maximum atomic E-state index is 13.2. The van der Waals surface area contributed by atoms with Crippen molar-refractivity contribution in [2.24, 2.45) is 5.92 Å². The number of carbonyl (C=O) groups is 1. The van der Waals surface area contributed by atoms with Crippen LogP contribution in [0.5, 0.6) is 0 Å². The van der Waals surface area contributed by atoms with E-state index in [9.17, 15) is 13.6 Å². The van der Waals surface area contributed by atoms with Crippen molar-refractivity contribution in [3.63, 3.8) is 0 Å². The zero-order valence-corrected chi connectivity index (χ0v) is 18.1. The lowest BCUT2D eigenvalue weighted by molar-refractivity contribution is -0.153. The number of rotatable bonds is 7. The molecule has 0 saturated carbocycles. The van der Waals surface area contributed by atoms with Crippen LogP contribution in [-0.4, -0.2) is 54.0 Å². The average molecular weight is 419 g/mol. The van der Waals surface area contributed by atoms with Crippen LogP contribution in [0.15, 0.2) is 24.4 Å². The molecule has 6 heteroatoms. The second kappa shape index (κ2) is 8.66. The minimum atomic E-state index is -1.74. The van der Waals surface area contributed by atoms with Gasteiger partial charge in [0, 0.05) is 41.6 Å². The third-order valence-electron chi connectivity index (χ3n) is 6.70. The fourth-order valence-electron chi connectivity index (χ4n) is 5.41. The van der Waals surface area contributed by atoms with Crippen LogP contribution in [0.2, 0.25) is 0 Å². The molecular weight excluding hydrogens is 386 g/mol. The number of ether oxygens (including phenoxy) is 1. The number of likely N-dealkylation sites (tertiary alicyclic amines) is 1. The molecule has 0 N–H and O–H groups in total.